The second-order valence-corrected chi connectivity index (χ2v) is 5.00. The summed E-state index contributed by atoms with van der Waals surface area (Å²) >= 11 is 0. The molecule has 0 saturated carbocycles. The van der Waals surface area contributed by atoms with Crippen molar-refractivity contribution in [1.29, 1.82) is 0 Å². The fraction of sp³-hybridized carbons (Fsp3) is 0.400. The summed E-state index contributed by atoms with van der Waals surface area (Å²) in [5.74, 6) is 0. The third kappa shape index (κ3) is 1.68. The van der Waals surface area contributed by atoms with Crippen LogP contribution in [0.5, 0.6) is 0 Å². The highest BCUT2D eigenvalue weighted by Gasteiger charge is 2.18. The van der Waals surface area contributed by atoms with Gasteiger partial charge in [-0.05, 0) is 37.3 Å². The number of hydrogen-bond acceptors (Lipinski definition) is 2. The topological polar surface area (TPSA) is 16.1 Å². The molecule has 17 heavy (non-hydrogen) atoms. The number of fused-ring (bicyclic) bond motifs is 2. The summed E-state index contributed by atoms with van der Waals surface area (Å²) in [5.41, 5.74) is 5.31. The Morgan fingerprint density at radius 2 is 1.82 bits per heavy atom. The Hall–Kier alpha value is -1.57. The first-order valence-electron chi connectivity index (χ1n) is 6.35. The van der Waals surface area contributed by atoms with E-state index in [1.165, 1.54) is 41.6 Å². The monoisotopic (exact) mass is 226 g/mol. The maximum atomic E-state index is 4.83. The summed E-state index contributed by atoms with van der Waals surface area (Å²) in [4.78, 5) is 7.08. The third-order valence-corrected chi connectivity index (χ3v) is 3.59. The molecular formula is C15H18N2. The molecule has 0 aliphatic heterocycles. The van der Waals surface area contributed by atoms with E-state index >= 15 is 0 Å². The van der Waals surface area contributed by atoms with Crippen LogP contribution in [0.25, 0.3) is 10.9 Å². The molecule has 0 saturated heterocycles. The Labute approximate surface area is 102 Å². The van der Waals surface area contributed by atoms with Gasteiger partial charge in [-0.15, -0.1) is 0 Å². The Morgan fingerprint density at radius 3 is 2.65 bits per heavy atom. The lowest BCUT2D eigenvalue weighted by Crippen LogP contribution is -2.16. The zero-order valence-electron chi connectivity index (χ0n) is 10.5. The van der Waals surface area contributed by atoms with Crippen LogP contribution in [0.1, 0.15) is 24.1 Å². The second kappa shape index (κ2) is 4.02. The van der Waals surface area contributed by atoms with Crippen molar-refractivity contribution >= 4 is 16.6 Å². The molecular weight excluding hydrogens is 208 g/mol. The zero-order valence-corrected chi connectivity index (χ0v) is 10.5. The van der Waals surface area contributed by atoms with Gasteiger partial charge in [0, 0.05) is 25.2 Å². The van der Waals surface area contributed by atoms with Crippen LogP contribution in [0, 0.1) is 0 Å². The first kappa shape index (κ1) is 10.6. The summed E-state index contributed by atoms with van der Waals surface area (Å²) in [6.07, 6.45) is 4.90. The molecule has 1 aliphatic carbocycles. The summed E-state index contributed by atoms with van der Waals surface area (Å²) in [6, 6.07) is 8.49. The standard InChI is InChI=1S/C15H18N2/c1-17(2)15-11-7-3-5-9-13(11)16-14-10-6-4-8-12(14)15/h3,5,7,9H,4,6,8,10H2,1-2H3. The van der Waals surface area contributed by atoms with E-state index in [4.69, 9.17) is 4.98 Å². The molecule has 88 valence electrons. The van der Waals surface area contributed by atoms with Gasteiger partial charge in [0.2, 0.25) is 0 Å². The van der Waals surface area contributed by atoms with Crippen LogP contribution >= 0.6 is 0 Å². The van der Waals surface area contributed by atoms with Crippen LogP contribution in [-0.4, -0.2) is 19.1 Å². The normalized spacial score (nSPS) is 14.7. The maximum Gasteiger partial charge on any atom is 0.0726 e. The van der Waals surface area contributed by atoms with E-state index in [-0.39, 0.29) is 0 Å². The molecule has 0 amide bonds. The molecule has 0 atom stereocenters. The van der Waals surface area contributed by atoms with Crippen molar-refractivity contribution < 1.29 is 0 Å². The van der Waals surface area contributed by atoms with Crippen molar-refractivity contribution in [2.45, 2.75) is 25.7 Å². The van der Waals surface area contributed by atoms with Gasteiger partial charge in [-0.2, -0.15) is 0 Å². The summed E-state index contributed by atoms with van der Waals surface area (Å²) in [5, 5.41) is 1.29. The van der Waals surface area contributed by atoms with Crippen LogP contribution in [0.15, 0.2) is 24.3 Å². The number of nitrogens with zero attached hydrogens (tertiary/aromatic N) is 2. The van der Waals surface area contributed by atoms with Gasteiger partial charge in [0.25, 0.3) is 0 Å². The van der Waals surface area contributed by atoms with E-state index in [0.29, 0.717) is 0 Å². The first-order valence-corrected chi connectivity index (χ1v) is 6.35. The molecule has 2 heteroatoms. The van der Waals surface area contributed by atoms with Crippen molar-refractivity contribution in [1.82, 2.24) is 4.98 Å². The van der Waals surface area contributed by atoms with Gasteiger partial charge in [-0.3, -0.25) is 4.98 Å². The molecule has 0 radical (unpaired) electrons. The Balaban J connectivity index is 2.36. The molecule has 3 rings (SSSR count). The lowest BCUT2D eigenvalue weighted by atomic mass is 9.92. The van der Waals surface area contributed by atoms with Gasteiger partial charge in [0.1, 0.15) is 0 Å². The predicted molar refractivity (Wildman–Crippen MR) is 72.7 cm³/mol. The van der Waals surface area contributed by atoms with Gasteiger partial charge < -0.3 is 4.90 Å². The number of benzene rings is 1. The molecule has 1 heterocycles. The predicted octanol–water partition coefficient (Wildman–Crippen LogP) is 3.18. The summed E-state index contributed by atoms with van der Waals surface area (Å²) in [7, 11) is 4.27. The van der Waals surface area contributed by atoms with Gasteiger partial charge in [-0.25, -0.2) is 0 Å². The third-order valence-electron chi connectivity index (χ3n) is 3.59. The van der Waals surface area contributed by atoms with Crippen molar-refractivity contribution in [2.24, 2.45) is 0 Å². The Bertz CT molecular complexity index is 558. The van der Waals surface area contributed by atoms with Crippen LogP contribution < -0.4 is 4.90 Å². The number of rotatable bonds is 1. The number of aryl methyl sites for hydroxylation is 1. The minimum absolute atomic E-state index is 1.14. The lowest BCUT2D eigenvalue weighted by Gasteiger charge is -2.25. The van der Waals surface area contributed by atoms with E-state index in [2.05, 4.69) is 43.3 Å². The molecule has 1 aromatic heterocycles. The molecule has 0 spiro atoms. The van der Waals surface area contributed by atoms with Gasteiger partial charge >= 0.3 is 0 Å². The molecule has 2 nitrogen and oxygen atoms in total. The molecule has 0 unspecified atom stereocenters. The number of anilines is 1. The van der Waals surface area contributed by atoms with Crippen molar-refractivity contribution in [3.63, 3.8) is 0 Å². The van der Waals surface area contributed by atoms with Crippen LogP contribution in [0.4, 0.5) is 5.69 Å². The highest BCUT2D eigenvalue weighted by atomic mass is 15.1. The minimum atomic E-state index is 1.14. The van der Waals surface area contributed by atoms with Gasteiger partial charge in [-0.1, -0.05) is 18.2 Å². The van der Waals surface area contributed by atoms with E-state index < -0.39 is 0 Å². The lowest BCUT2D eigenvalue weighted by molar-refractivity contribution is 0.670. The molecule has 1 aliphatic rings. The molecule has 1 aromatic carbocycles. The van der Waals surface area contributed by atoms with Crippen molar-refractivity contribution in [2.75, 3.05) is 19.0 Å². The van der Waals surface area contributed by atoms with Crippen LogP contribution in [0.2, 0.25) is 0 Å². The number of aromatic nitrogens is 1. The average molecular weight is 226 g/mol. The number of para-hydroxylation sites is 1. The fourth-order valence-corrected chi connectivity index (χ4v) is 2.86. The smallest absolute Gasteiger partial charge is 0.0726 e. The molecule has 2 aromatic rings. The van der Waals surface area contributed by atoms with Crippen molar-refractivity contribution in [3.8, 4) is 0 Å². The van der Waals surface area contributed by atoms with Gasteiger partial charge in [0.05, 0.1) is 11.2 Å². The van der Waals surface area contributed by atoms with Crippen molar-refractivity contribution in [3.05, 3.63) is 35.5 Å². The maximum absolute atomic E-state index is 4.83. The number of pyridine rings is 1. The fourth-order valence-electron chi connectivity index (χ4n) is 2.86. The average Bonchev–Trinajstić information content (AvgIpc) is 2.35. The summed E-state index contributed by atoms with van der Waals surface area (Å²) in [6.45, 7) is 0. The molecule has 0 N–H and O–H groups in total. The highest BCUT2D eigenvalue weighted by molar-refractivity contribution is 5.93. The number of hydrogen-bond donors (Lipinski definition) is 0. The Kier molecular flexibility index (Phi) is 2.50. The largest absolute Gasteiger partial charge is 0.377 e. The van der Waals surface area contributed by atoms with Crippen LogP contribution in [-0.2, 0) is 12.8 Å². The van der Waals surface area contributed by atoms with E-state index in [0.717, 1.165) is 11.9 Å². The quantitative estimate of drug-likeness (QED) is 0.742. The Morgan fingerprint density at radius 1 is 1.06 bits per heavy atom. The van der Waals surface area contributed by atoms with E-state index in [9.17, 15) is 0 Å². The van der Waals surface area contributed by atoms with Gasteiger partial charge in [0.15, 0.2) is 0 Å². The first-order chi connectivity index (χ1) is 8.27. The SMILES string of the molecule is CN(C)c1c2c(nc3ccccc13)CCCC2. The zero-order chi connectivity index (χ0) is 11.8. The van der Waals surface area contributed by atoms with E-state index in [1.807, 2.05) is 0 Å². The van der Waals surface area contributed by atoms with E-state index in [1.54, 1.807) is 0 Å². The molecule has 0 bridgehead atoms. The minimum Gasteiger partial charge on any atom is -0.377 e. The second-order valence-electron chi connectivity index (χ2n) is 5.00. The highest BCUT2D eigenvalue weighted by Crippen LogP contribution is 2.34. The summed E-state index contributed by atoms with van der Waals surface area (Å²) < 4.78 is 0. The van der Waals surface area contributed by atoms with Crippen LogP contribution in [0.3, 0.4) is 0 Å². The molecule has 0 fully saturated rings.